The summed E-state index contributed by atoms with van der Waals surface area (Å²) in [6.07, 6.45) is 0.0629. The molecule has 90 valence electrons. The smallest absolute Gasteiger partial charge is 0.223 e. The maximum atomic E-state index is 7.53. The zero-order valence-electron chi connectivity index (χ0n) is 10.5. The zero-order chi connectivity index (χ0) is 12.5. The van der Waals surface area contributed by atoms with Crippen LogP contribution in [0.3, 0.4) is 0 Å². The van der Waals surface area contributed by atoms with Crippen LogP contribution in [0.15, 0.2) is 0 Å². The molecule has 0 saturated carbocycles. The quantitative estimate of drug-likeness (QED) is 0.600. The van der Waals surface area contributed by atoms with Gasteiger partial charge < -0.3 is 10.5 Å². The Hall–Kier alpha value is -1.52. The van der Waals surface area contributed by atoms with Crippen molar-refractivity contribution >= 4 is 5.84 Å². The van der Waals surface area contributed by atoms with Crippen LogP contribution in [0, 0.1) is 18.3 Å². The highest BCUT2D eigenvalue weighted by Crippen LogP contribution is 2.23. The molecule has 0 aliphatic heterocycles. The van der Waals surface area contributed by atoms with Gasteiger partial charge >= 0.3 is 0 Å². The molecule has 0 aliphatic carbocycles. The number of nitrogens with one attached hydrogen (secondary N) is 1. The van der Waals surface area contributed by atoms with Crippen LogP contribution in [0.2, 0.25) is 0 Å². The fourth-order valence-electron chi connectivity index (χ4n) is 1.39. The number of rotatable bonds is 4. The van der Waals surface area contributed by atoms with Crippen LogP contribution < -0.4 is 10.5 Å². The molecule has 0 fully saturated rings. The lowest BCUT2D eigenvalue weighted by Crippen LogP contribution is -2.22. The van der Waals surface area contributed by atoms with Gasteiger partial charge in [-0.1, -0.05) is 13.8 Å². The average Bonchev–Trinajstić information content (AvgIpc) is 2.41. The molecule has 16 heavy (non-hydrogen) atoms. The van der Waals surface area contributed by atoms with Crippen molar-refractivity contribution in [1.82, 2.24) is 9.78 Å². The lowest BCUT2D eigenvalue weighted by molar-refractivity contribution is 0.156. The molecular formula is C11H20N4O. The average molecular weight is 224 g/mol. The lowest BCUT2D eigenvalue weighted by Gasteiger charge is -2.18. The van der Waals surface area contributed by atoms with Crippen molar-refractivity contribution in [3.8, 4) is 5.88 Å². The van der Waals surface area contributed by atoms with E-state index >= 15 is 0 Å². The van der Waals surface area contributed by atoms with Crippen LogP contribution >= 0.6 is 0 Å². The van der Waals surface area contributed by atoms with E-state index in [0.29, 0.717) is 17.4 Å². The molecule has 0 amide bonds. The van der Waals surface area contributed by atoms with Gasteiger partial charge in [0.25, 0.3) is 0 Å². The van der Waals surface area contributed by atoms with E-state index in [-0.39, 0.29) is 11.9 Å². The van der Waals surface area contributed by atoms with Gasteiger partial charge in [-0.3, -0.25) is 5.41 Å². The first-order valence-corrected chi connectivity index (χ1v) is 5.39. The van der Waals surface area contributed by atoms with Gasteiger partial charge in [-0.25, -0.2) is 4.68 Å². The Morgan fingerprint density at radius 3 is 2.44 bits per heavy atom. The Morgan fingerprint density at radius 1 is 1.44 bits per heavy atom. The van der Waals surface area contributed by atoms with E-state index < -0.39 is 0 Å². The van der Waals surface area contributed by atoms with E-state index in [1.807, 2.05) is 13.8 Å². The standard InChI is InChI=1S/C11H20N4O/c1-6(2)8(4)16-11-9(10(12)13)7(3)14-15(11)5/h6,8H,1-5H3,(H3,12,13). The molecular weight excluding hydrogens is 204 g/mol. The summed E-state index contributed by atoms with van der Waals surface area (Å²) in [5.41, 5.74) is 6.85. The van der Waals surface area contributed by atoms with Gasteiger partial charge in [0.2, 0.25) is 5.88 Å². The summed E-state index contributed by atoms with van der Waals surface area (Å²) < 4.78 is 7.43. The number of nitrogen functional groups attached to an aromatic ring is 1. The summed E-state index contributed by atoms with van der Waals surface area (Å²) in [6.45, 7) is 7.99. The molecule has 1 unspecified atom stereocenters. The molecule has 3 N–H and O–H groups in total. The monoisotopic (exact) mass is 224 g/mol. The van der Waals surface area contributed by atoms with Gasteiger partial charge in [-0.2, -0.15) is 5.10 Å². The molecule has 0 saturated heterocycles. The Bertz CT molecular complexity index is 395. The summed E-state index contributed by atoms with van der Waals surface area (Å²) in [5.74, 6) is 0.970. The second kappa shape index (κ2) is 4.55. The van der Waals surface area contributed by atoms with Crippen LogP contribution in [-0.2, 0) is 7.05 Å². The largest absolute Gasteiger partial charge is 0.474 e. The molecule has 0 aliphatic rings. The number of aryl methyl sites for hydroxylation is 2. The van der Waals surface area contributed by atoms with Crippen LogP contribution in [0.5, 0.6) is 5.88 Å². The van der Waals surface area contributed by atoms with E-state index in [0.717, 1.165) is 5.69 Å². The number of ether oxygens (including phenoxy) is 1. The van der Waals surface area contributed by atoms with Crippen molar-refractivity contribution in [3.63, 3.8) is 0 Å². The first kappa shape index (κ1) is 12.5. The predicted molar refractivity (Wildman–Crippen MR) is 63.9 cm³/mol. The van der Waals surface area contributed by atoms with Gasteiger partial charge in [0, 0.05) is 7.05 Å². The van der Waals surface area contributed by atoms with Crippen molar-refractivity contribution in [1.29, 1.82) is 5.41 Å². The molecule has 1 atom stereocenters. The SMILES string of the molecule is Cc1nn(C)c(OC(C)C(C)C)c1C(=N)N. The molecule has 1 aromatic rings. The minimum atomic E-state index is -0.00319. The highest BCUT2D eigenvalue weighted by Gasteiger charge is 2.20. The van der Waals surface area contributed by atoms with Gasteiger partial charge in [-0.05, 0) is 19.8 Å². The van der Waals surface area contributed by atoms with Crippen molar-refractivity contribution in [2.24, 2.45) is 18.7 Å². The lowest BCUT2D eigenvalue weighted by atomic mass is 10.1. The predicted octanol–water partition coefficient (Wildman–Crippen LogP) is 1.44. The topological polar surface area (TPSA) is 76.9 Å². The zero-order valence-corrected chi connectivity index (χ0v) is 10.5. The molecule has 5 nitrogen and oxygen atoms in total. The molecule has 0 bridgehead atoms. The van der Waals surface area contributed by atoms with Crippen molar-refractivity contribution in [2.75, 3.05) is 0 Å². The van der Waals surface area contributed by atoms with Crippen LogP contribution in [0.4, 0.5) is 0 Å². The molecule has 1 aromatic heterocycles. The van der Waals surface area contributed by atoms with Gasteiger partial charge in [0.05, 0.1) is 11.8 Å². The van der Waals surface area contributed by atoms with Gasteiger partial charge in [0.1, 0.15) is 11.4 Å². The number of aromatic nitrogens is 2. The summed E-state index contributed by atoms with van der Waals surface area (Å²) in [7, 11) is 1.79. The van der Waals surface area contributed by atoms with Crippen LogP contribution in [-0.4, -0.2) is 21.7 Å². The van der Waals surface area contributed by atoms with E-state index in [4.69, 9.17) is 15.9 Å². The number of hydrogen-bond acceptors (Lipinski definition) is 3. The summed E-state index contributed by atoms with van der Waals surface area (Å²) >= 11 is 0. The minimum Gasteiger partial charge on any atom is -0.474 e. The number of nitrogens with zero attached hydrogens (tertiary/aromatic N) is 2. The normalized spacial score (nSPS) is 12.9. The third-order valence-corrected chi connectivity index (χ3v) is 2.68. The first-order chi connectivity index (χ1) is 7.34. The maximum Gasteiger partial charge on any atom is 0.223 e. The van der Waals surface area contributed by atoms with Gasteiger partial charge in [-0.15, -0.1) is 0 Å². The molecule has 0 spiro atoms. The summed E-state index contributed by atoms with van der Waals surface area (Å²) in [5, 5.41) is 11.7. The van der Waals surface area contributed by atoms with Gasteiger partial charge in [0.15, 0.2) is 0 Å². The number of amidine groups is 1. The van der Waals surface area contributed by atoms with Crippen molar-refractivity contribution in [3.05, 3.63) is 11.3 Å². The highest BCUT2D eigenvalue weighted by atomic mass is 16.5. The molecule has 0 radical (unpaired) electrons. The molecule has 0 aromatic carbocycles. The molecule has 5 heteroatoms. The highest BCUT2D eigenvalue weighted by molar-refractivity contribution is 5.98. The van der Waals surface area contributed by atoms with E-state index in [2.05, 4.69) is 18.9 Å². The van der Waals surface area contributed by atoms with E-state index in [1.165, 1.54) is 0 Å². The first-order valence-electron chi connectivity index (χ1n) is 5.39. The number of nitrogens with two attached hydrogens (primary N) is 1. The number of hydrogen-bond donors (Lipinski definition) is 2. The van der Waals surface area contributed by atoms with E-state index in [9.17, 15) is 0 Å². The van der Waals surface area contributed by atoms with E-state index in [1.54, 1.807) is 11.7 Å². The third kappa shape index (κ3) is 2.35. The van der Waals surface area contributed by atoms with Crippen molar-refractivity contribution in [2.45, 2.75) is 33.8 Å². The van der Waals surface area contributed by atoms with Crippen LogP contribution in [0.1, 0.15) is 32.0 Å². The Kier molecular flexibility index (Phi) is 3.57. The molecule has 1 rings (SSSR count). The Labute approximate surface area is 96.1 Å². The minimum absolute atomic E-state index is 0.00319. The second-order valence-electron chi connectivity index (χ2n) is 4.37. The fraction of sp³-hybridized carbons (Fsp3) is 0.636. The summed E-state index contributed by atoms with van der Waals surface area (Å²) in [6, 6.07) is 0. The Morgan fingerprint density at radius 2 is 2.00 bits per heavy atom. The molecule has 1 heterocycles. The Balaban J connectivity index is 3.07. The fourth-order valence-corrected chi connectivity index (χ4v) is 1.39. The third-order valence-electron chi connectivity index (χ3n) is 2.68. The van der Waals surface area contributed by atoms with Crippen molar-refractivity contribution < 1.29 is 4.74 Å². The summed E-state index contributed by atoms with van der Waals surface area (Å²) in [4.78, 5) is 0. The van der Waals surface area contributed by atoms with Crippen LogP contribution in [0.25, 0.3) is 0 Å². The maximum absolute atomic E-state index is 7.53. The second-order valence-corrected chi connectivity index (χ2v) is 4.37.